The van der Waals surface area contributed by atoms with Gasteiger partial charge in [0.2, 0.25) is 0 Å². The molecule has 1 aromatic heterocycles. The molecule has 1 atom stereocenters. The van der Waals surface area contributed by atoms with Crippen LogP contribution < -0.4 is 15.6 Å². The van der Waals surface area contributed by atoms with Crippen molar-refractivity contribution in [2.24, 2.45) is 0 Å². The van der Waals surface area contributed by atoms with Crippen molar-refractivity contribution in [1.29, 1.82) is 5.26 Å². The molecule has 152 valence electrons. The molecule has 3 rings (SSSR count). The Morgan fingerprint density at radius 2 is 1.90 bits per heavy atom. The summed E-state index contributed by atoms with van der Waals surface area (Å²) in [5, 5.41) is 11.8. The van der Waals surface area contributed by atoms with Crippen LogP contribution in [-0.2, 0) is 6.54 Å². The van der Waals surface area contributed by atoms with Crippen molar-refractivity contribution in [2.75, 3.05) is 0 Å². The number of H-pyrrole nitrogens is 1. The number of rotatable bonds is 6. The van der Waals surface area contributed by atoms with Gasteiger partial charge >= 0.3 is 0 Å². The Labute approximate surface area is 175 Å². The predicted octanol–water partition coefficient (Wildman–Crippen LogP) is 3.93. The van der Waals surface area contributed by atoms with Crippen LogP contribution >= 0.6 is 0 Å². The standard InChI is InChI=1S/C24H23N3O3/c1-15-11-16(2)27-24(29)22(15)14-26-23(28)20-9-7-19(8-10-20)17(3)30-21-6-4-5-18(12-21)13-25/h4-12,17H,14H2,1-3H3,(H,26,28)(H,27,29)/t17-/m0/s1. The normalized spacial score (nSPS) is 11.4. The fourth-order valence-corrected chi connectivity index (χ4v) is 3.19. The Balaban J connectivity index is 1.64. The van der Waals surface area contributed by atoms with Crippen molar-refractivity contribution in [1.82, 2.24) is 10.3 Å². The van der Waals surface area contributed by atoms with Crippen molar-refractivity contribution in [3.63, 3.8) is 0 Å². The van der Waals surface area contributed by atoms with E-state index in [1.165, 1.54) is 0 Å². The SMILES string of the molecule is Cc1cc(C)c(CNC(=O)c2ccc([C@H](C)Oc3cccc(C#N)c3)cc2)c(=O)[nH]1. The van der Waals surface area contributed by atoms with Crippen molar-refractivity contribution in [2.45, 2.75) is 33.4 Å². The number of carbonyl (C=O) groups is 1. The maximum Gasteiger partial charge on any atom is 0.253 e. The molecule has 2 aromatic carbocycles. The van der Waals surface area contributed by atoms with Crippen molar-refractivity contribution in [3.05, 3.63) is 98.5 Å². The monoisotopic (exact) mass is 401 g/mol. The number of nitrogens with zero attached hydrogens (tertiary/aromatic N) is 1. The van der Waals surface area contributed by atoms with E-state index in [-0.39, 0.29) is 24.1 Å². The minimum Gasteiger partial charge on any atom is -0.486 e. The molecule has 0 saturated heterocycles. The first kappa shape index (κ1) is 20.9. The largest absolute Gasteiger partial charge is 0.486 e. The maximum absolute atomic E-state index is 12.5. The summed E-state index contributed by atoms with van der Waals surface area (Å²) in [5.74, 6) is 0.360. The number of hydrogen-bond donors (Lipinski definition) is 2. The van der Waals surface area contributed by atoms with Crippen LogP contribution in [0.2, 0.25) is 0 Å². The molecule has 0 aliphatic carbocycles. The summed E-state index contributed by atoms with van der Waals surface area (Å²) in [6, 6.07) is 18.1. The first-order valence-electron chi connectivity index (χ1n) is 9.61. The quantitative estimate of drug-likeness (QED) is 0.654. The molecule has 0 spiro atoms. The zero-order chi connectivity index (χ0) is 21.7. The molecule has 0 fully saturated rings. The third kappa shape index (κ3) is 4.95. The number of nitrogens with one attached hydrogen (secondary N) is 2. The second kappa shape index (κ2) is 9.10. The molecule has 0 radical (unpaired) electrons. The van der Waals surface area contributed by atoms with E-state index in [1.54, 1.807) is 36.4 Å². The fourth-order valence-electron chi connectivity index (χ4n) is 3.19. The Bertz CT molecular complexity index is 1160. The molecule has 6 heteroatoms. The summed E-state index contributed by atoms with van der Waals surface area (Å²) in [4.78, 5) is 27.3. The second-order valence-corrected chi connectivity index (χ2v) is 7.15. The zero-order valence-electron chi connectivity index (χ0n) is 17.2. The Kier molecular flexibility index (Phi) is 6.33. The van der Waals surface area contributed by atoms with E-state index in [9.17, 15) is 9.59 Å². The number of aromatic amines is 1. The molecule has 2 N–H and O–H groups in total. The molecule has 0 saturated carbocycles. The minimum absolute atomic E-state index is 0.163. The lowest BCUT2D eigenvalue weighted by atomic mass is 10.1. The van der Waals surface area contributed by atoms with Gasteiger partial charge in [-0.3, -0.25) is 9.59 Å². The van der Waals surface area contributed by atoms with Gasteiger partial charge in [-0.2, -0.15) is 5.26 Å². The highest BCUT2D eigenvalue weighted by molar-refractivity contribution is 5.94. The number of aromatic nitrogens is 1. The summed E-state index contributed by atoms with van der Waals surface area (Å²) in [5.41, 5.74) is 3.94. The molecular weight excluding hydrogens is 378 g/mol. The highest BCUT2D eigenvalue weighted by Crippen LogP contribution is 2.22. The van der Waals surface area contributed by atoms with Gasteiger partial charge in [0.15, 0.2) is 0 Å². The van der Waals surface area contributed by atoms with Crippen LogP contribution in [0.15, 0.2) is 59.4 Å². The lowest BCUT2D eigenvalue weighted by molar-refractivity contribution is 0.0950. The average Bonchev–Trinajstić information content (AvgIpc) is 2.73. The van der Waals surface area contributed by atoms with Crippen LogP contribution in [0.3, 0.4) is 0 Å². The van der Waals surface area contributed by atoms with Crippen LogP contribution in [0, 0.1) is 25.2 Å². The van der Waals surface area contributed by atoms with Gasteiger partial charge in [-0.1, -0.05) is 18.2 Å². The van der Waals surface area contributed by atoms with Gasteiger partial charge in [0.1, 0.15) is 11.9 Å². The van der Waals surface area contributed by atoms with Crippen LogP contribution in [0.1, 0.15) is 51.3 Å². The van der Waals surface area contributed by atoms with Gasteiger partial charge < -0.3 is 15.0 Å². The zero-order valence-corrected chi connectivity index (χ0v) is 17.2. The summed E-state index contributed by atoms with van der Waals surface area (Å²) in [6.07, 6.45) is -0.246. The van der Waals surface area contributed by atoms with Crippen LogP contribution in [0.25, 0.3) is 0 Å². The summed E-state index contributed by atoms with van der Waals surface area (Å²) < 4.78 is 5.89. The summed E-state index contributed by atoms with van der Waals surface area (Å²) in [6.45, 7) is 5.74. The molecule has 30 heavy (non-hydrogen) atoms. The fraction of sp³-hybridized carbons (Fsp3) is 0.208. The molecule has 1 amide bonds. The van der Waals surface area contributed by atoms with E-state index < -0.39 is 0 Å². The minimum atomic E-state index is -0.254. The first-order chi connectivity index (χ1) is 14.4. The highest BCUT2D eigenvalue weighted by atomic mass is 16.5. The number of benzene rings is 2. The number of hydrogen-bond acceptors (Lipinski definition) is 4. The lowest BCUT2D eigenvalue weighted by Crippen LogP contribution is -2.27. The van der Waals surface area contributed by atoms with E-state index in [1.807, 2.05) is 39.0 Å². The van der Waals surface area contributed by atoms with Crippen LogP contribution in [-0.4, -0.2) is 10.9 Å². The van der Waals surface area contributed by atoms with Gasteiger partial charge in [-0.25, -0.2) is 0 Å². The van der Waals surface area contributed by atoms with Gasteiger partial charge in [-0.05, 0) is 68.3 Å². The second-order valence-electron chi connectivity index (χ2n) is 7.15. The molecule has 0 unspecified atom stereocenters. The van der Waals surface area contributed by atoms with Gasteiger partial charge in [-0.15, -0.1) is 0 Å². The summed E-state index contributed by atoms with van der Waals surface area (Å²) in [7, 11) is 0. The van der Waals surface area contributed by atoms with Crippen LogP contribution in [0.5, 0.6) is 5.75 Å². The Morgan fingerprint density at radius 1 is 1.17 bits per heavy atom. The number of ether oxygens (including phenoxy) is 1. The van der Waals surface area contributed by atoms with Crippen LogP contribution in [0.4, 0.5) is 0 Å². The van der Waals surface area contributed by atoms with Crippen molar-refractivity contribution < 1.29 is 9.53 Å². The molecular formula is C24H23N3O3. The number of carbonyl (C=O) groups excluding carboxylic acids is 1. The molecule has 6 nitrogen and oxygen atoms in total. The maximum atomic E-state index is 12.5. The van der Waals surface area contributed by atoms with E-state index in [0.717, 1.165) is 16.8 Å². The number of aryl methyl sites for hydroxylation is 2. The van der Waals surface area contributed by atoms with E-state index >= 15 is 0 Å². The van der Waals surface area contributed by atoms with E-state index in [0.29, 0.717) is 22.4 Å². The van der Waals surface area contributed by atoms with Gasteiger partial charge in [0, 0.05) is 23.4 Å². The summed E-state index contributed by atoms with van der Waals surface area (Å²) >= 11 is 0. The third-order valence-electron chi connectivity index (χ3n) is 4.84. The number of amides is 1. The number of nitriles is 1. The third-order valence-corrected chi connectivity index (χ3v) is 4.84. The molecule has 0 aliphatic rings. The topological polar surface area (TPSA) is 95.0 Å². The molecule has 1 heterocycles. The predicted molar refractivity (Wildman–Crippen MR) is 114 cm³/mol. The van der Waals surface area contributed by atoms with Gasteiger partial charge in [0.05, 0.1) is 11.6 Å². The first-order valence-corrected chi connectivity index (χ1v) is 9.61. The molecule has 0 aliphatic heterocycles. The van der Waals surface area contributed by atoms with Crippen molar-refractivity contribution >= 4 is 5.91 Å². The molecule has 3 aromatic rings. The smallest absolute Gasteiger partial charge is 0.253 e. The average molecular weight is 401 g/mol. The highest BCUT2D eigenvalue weighted by Gasteiger charge is 2.12. The number of pyridine rings is 1. The van der Waals surface area contributed by atoms with Crippen molar-refractivity contribution in [3.8, 4) is 11.8 Å². The van der Waals surface area contributed by atoms with E-state index in [4.69, 9.17) is 10.00 Å². The van der Waals surface area contributed by atoms with E-state index in [2.05, 4.69) is 16.4 Å². The Hall–Kier alpha value is -3.85. The Morgan fingerprint density at radius 3 is 2.57 bits per heavy atom. The molecule has 0 bridgehead atoms. The lowest BCUT2D eigenvalue weighted by Gasteiger charge is -2.15. The van der Waals surface area contributed by atoms with Gasteiger partial charge in [0.25, 0.3) is 11.5 Å².